The molecule has 0 atom stereocenters. The van der Waals surface area contributed by atoms with Crippen LogP contribution in [0.4, 0.5) is 8.78 Å². The smallest absolute Gasteiger partial charge is 0.205 e. The molecule has 1 aliphatic rings. The van der Waals surface area contributed by atoms with E-state index in [1.165, 1.54) is 11.6 Å². The Hall–Kier alpha value is -1.70. The molecule has 3 rings (SSSR count). The van der Waals surface area contributed by atoms with E-state index in [2.05, 4.69) is 6.07 Å². The van der Waals surface area contributed by atoms with E-state index in [4.69, 9.17) is 0 Å². The molecule has 0 unspecified atom stereocenters. The summed E-state index contributed by atoms with van der Waals surface area (Å²) in [7, 11) is 0. The van der Waals surface area contributed by atoms with Gasteiger partial charge in [0.1, 0.15) is 0 Å². The van der Waals surface area contributed by atoms with Gasteiger partial charge in [0.2, 0.25) is 0 Å². The van der Waals surface area contributed by atoms with Gasteiger partial charge >= 0.3 is 0 Å². The molecule has 0 amide bonds. The first-order valence-electron chi connectivity index (χ1n) is 5.25. The highest BCUT2D eigenvalue weighted by molar-refractivity contribution is 5.77. The second-order valence-corrected chi connectivity index (χ2v) is 4.05. The summed E-state index contributed by atoms with van der Waals surface area (Å²) in [5.41, 5.74) is 4.54. The molecule has 0 nitrogen and oxygen atoms in total. The maximum absolute atomic E-state index is 12.6. The zero-order valence-electron chi connectivity index (χ0n) is 8.58. The topological polar surface area (TPSA) is 0 Å². The summed E-state index contributed by atoms with van der Waals surface area (Å²) in [6, 6.07) is 12.9. The van der Waals surface area contributed by atoms with Crippen LogP contribution in [-0.4, -0.2) is 0 Å². The van der Waals surface area contributed by atoms with Gasteiger partial charge in [0, 0.05) is 5.56 Å². The third-order valence-electron chi connectivity index (χ3n) is 3.07. The highest BCUT2D eigenvalue weighted by Crippen LogP contribution is 2.38. The third-order valence-corrected chi connectivity index (χ3v) is 3.07. The summed E-state index contributed by atoms with van der Waals surface area (Å²) < 4.78 is 25.2. The van der Waals surface area contributed by atoms with Gasteiger partial charge < -0.3 is 0 Å². The summed E-state index contributed by atoms with van der Waals surface area (Å²) in [6.07, 6.45) is -1.53. The monoisotopic (exact) mass is 216 g/mol. The van der Waals surface area contributed by atoms with Crippen LogP contribution in [0.5, 0.6) is 0 Å². The molecule has 0 heterocycles. The SMILES string of the molecule is FC(F)c1ccc2c(c1)-c1ccccc1C2. The fourth-order valence-corrected chi connectivity index (χ4v) is 2.28. The minimum absolute atomic E-state index is 0.107. The molecule has 0 saturated heterocycles. The van der Waals surface area contributed by atoms with Crippen LogP contribution in [0, 0.1) is 0 Å². The molecule has 1 aliphatic carbocycles. The van der Waals surface area contributed by atoms with E-state index in [0.717, 1.165) is 23.1 Å². The highest BCUT2D eigenvalue weighted by atomic mass is 19.3. The summed E-state index contributed by atoms with van der Waals surface area (Å²) in [6.45, 7) is 0. The van der Waals surface area contributed by atoms with Crippen LogP contribution in [0.15, 0.2) is 42.5 Å². The zero-order valence-corrected chi connectivity index (χ0v) is 8.58. The summed E-state index contributed by atoms with van der Waals surface area (Å²) in [5.74, 6) is 0. The normalized spacial score (nSPS) is 12.7. The predicted octanol–water partition coefficient (Wildman–Crippen LogP) is 4.20. The van der Waals surface area contributed by atoms with Crippen molar-refractivity contribution in [2.75, 3.05) is 0 Å². The predicted molar refractivity (Wildman–Crippen MR) is 59.6 cm³/mol. The van der Waals surface area contributed by atoms with Crippen molar-refractivity contribution in [3.05, 3.63) is 59.2 Å². The Balaban J connectivity index is 2.18. The van der Waals surface area contributed by atoms with Crippen molar-refractivity contribution in [3.8, 4) is 11.1 Å². The van der Waals surface area contributed by atoms with Crippen LogP contribution in [0.1, 0.15) is 23.1 Å². The Morgan fingerprint density at radius 1 is 0.875 bits per heavy atom. The van der Waals surface area contributed by atoms with Gasteiger partial charge in [-0.15, -0.1) is 0 Å². The lowest BCUT2D eigenvalue weighted by molar-refractivity contribution is 0.151. The van der Waals surface area contributed by atoms with Gasteiger partial charge in [-0.05, 0) is 34.7 Å². The van der Waals surface area contributed by atoms with Gasteiger partial charge in [0.05, 0.1) is 0 Å². The van der Waals surface area contributed by atoms with Crippen LogP contribution < -0.4 is 0 Å². The van der Waals surface area contributed by atoms with E-state index in [9.17, 15) is 8.78 Å². The van der Waals surface area contributed by atoms with Crippen LogP contribution in [0.2, 0.25) is 0 Å². The standard InChI is InChI=1S/C14H10F2/c15-14(16)11-6-5-10-7-9-3-1-2-4-12(9)13(10)8-11/h1-6,8,14H,7H2. The number of alkyl halides is 2. The summed E-state index contributed by atoms with van der Waals surface area (Å²) in [5, 5.41) is 0. The molecule has 2 aromatic rings. The van der Waals surface area contributed by atoms with E-state index >= 15 is 0 Å². The molecule has 0 radical (unpaired) electrons. The summed E-state index contributed by atoms with van der Waals surface area (Å²) >= 11 is 0. The van der Waals surface area contributed by atoms with Crippen molar-refractivity contribution in [2.45, 2.75) is 12.8 Å². The number of hydrogen-bond donors (Lipinski definition) is 0. The minimum atomic E-state index is -2.39. The Morgan fingerprint density at radius 2 is 1.62 bits per heavy atom. The fraction of sp³-hybridized carbons (Fsp3) is 0.143. The maximum Gasteiger partial charge on any atom is 0.263 e. The fourth-order valence-electron chi connectivity index (χ4n) is 2.28. The maximum atomic E-state index is 12.6. The van der Waals surface area contributed by atoms with Crippen LogP contribution >= 0.6 is 0 Å². The Labute approximate surface area is 92.5 Å². The third kappa shape index (κ3) is 1.33. The van der Waals surface area contributed by atoms with E-state index in [1.807, 2.05) is 24.3 Å². The lowest BCUT2D eigenvalue weighted by atomic mass is 10.0. The van der Waals surface area contributed by atoms with E-state index < -0.39 is 6.43 Å². The zero-order chi connectivity index (χ0) is 11.1. The van der Waals surface area contributed by atoms with Crippen LogP contribution in [-0.2, 0) is 6.42 Å². The Kier molecular flexibility index (Phi) is 2.03. The Morgan fingerprint density at radius 3 is 2.44 bits per heavy atom. The van der Waals surface area contributed by atoms with Crippen LogP contribution in [0.25, 0.3) is 11.1 Å². The molecule has 16 heavy (non-hydrogen) atoms. The van der Waals surface area contributed by atoms with Crippen molar-refractivity contribution >= 4 is 0 Å². The lowest BCUT2D eigenvalue weighted by Gasteiger charge is -2.04. The molecule has 0 saturated carbocycles. The van der Waals surface area contributed by atoms with Crippen molar-refractivity contribution in [2.24, 2.45) is 0 Å². The molecular weight excluding hydrogens is 206 g/mol. The first-order chi connectivity index (χ1) is 7.75. The largest absolute Gasteiger partial charge is 0.263 e. The Bertz CT molecular complexity index is 544. The van der Waals surface area contributed by atoms with Crippen LogP contribution in [0.3, 0.4) is 0 Å². The first-order valence-corrected chi connectivity index (χ1v) is 5.25. The molecule has 0 bridgehead atoms. The van der Waals surface area contributed by atoms with Crippen molar-refractivity contribution in [3.63, 3.8) is 0 Å². The van der Waals surface area contributed by atoms with Gasteiger partial charge in [0.25, 0.3) is 6.43 Å². The van der Waals surface area contributed by atoms with E-state index in [1.54, 1.807) is 6.07 Å². The molecule has 0 aromatic heterocycles. The molecule has 2 aromatic carbocycles. The molecule has 0 aliphatic heterocycles. The number of benzene rings is 2. The van der Waals surface area contributed by atoms with Gasteiger partial charge in [-0.2, -0.15) is 0 Å². The van der Waals surface area contributed by atoms with Crippen molar-refractivity contribution in [1.29, 1.82) is 0 Å². The molecule has 0 N–H and O–H groups in total. The molecule has 2 heteroatoms. The number of fused-ring (bicyclic) bond motifs is 3. The molecule has 80 valence electrons. The molecule has 0 spiro atoms. The van der Waals surface area contributed by atoms with Crippen molar-refractivity contribution in [1.82, 2.24) is 0 Å². The molecule has 0 fully saturated rings. The quantitative estimate of drug-likeness (QED) is 0.572. The first kappa shape index (κ1) is 9.52. The second kappa shape index (κ2) is 3.41. The summed E-state index contributed by atoms with van der Waals surface area (Å²) in [4.78, 5) is 0. The number of rotatable bonds is 1. The van der Waals surface area contributed by atoms with Gasteiger partial charge in [0.15, 0.2) is 0 Å². The van der Waals surface area contributed by atoms with Gasteiger partial charge in [-0.25, -0.2) is 8.78 Å². The van der Waals surface area contributed by atoms with Gasteiger partial charge in [-0.3, -0.25) is 0 Å². The molecular formula is C14H10F2. The lowest BCUT2D eigenvalue weighted by Crippen LogP contribution is -1.86. The average molecular weight is 216 g/mol. The van der Waals surface area contributed by atoms with E-state index in [-0.39, 0.29) is 5.56 Å². The number of hydrogen-bond acceptors (Lipinski definition) is 0. The van der Waals surface area contributed by atoms with Gasteiger partial charge in [-0.1, -0.05) is 36.4 Å². The minimum Gasteiger partial charge on any atom is -0.205 e. The van der Waals surface area contributed by atoms with Crippen molar-refractivity contribution < 1.29 is 8.78 Å². The second-order valence-electron chi connectivity index (χ2n) is 4.05. The van der Waals surface area contributed by atoms with E-state index in [0.29, 0.717) is 0 Å². The number of halogens is 2. The average Bonchev–Trinajstić information content (AvgIpc) is 2.66. The highest BCUT2D eigenvalue weighted by Gasteiger charge is 2.19.